The molecular weight excluding hydrogens is 344 g/mol. The van der Waals surface area contributed by atoms with Crippen LogP contribution < -0.4 is 5.32 Å². The number of carbonyl (C=O) groups excluding carboxylic acids is 3. The largest absolute Gasteiger partial charge is 0.355 e. The maximum atomic E-state index is 12.8. The van der Waals surface area contributed by atoms with Gasteiger partial charge >= 0.3 is 0 Å². The number of nitrogens with zero attached hydrogens (tertiary/aromatic N) is 3. The Morgan fingerprint density at radius 1 is 1.00 bits per heavy atom. The minimum absolute atomic E-state index is 0.0489. The summed E-state index contributed by atoms with van der Waals surface area (Å²) in [5.74, 6) is 0.928. The third kappa shape index (κ3) is 6.48. The van der Waals surface area contributed by atoms with E-state index in [0.717, 1.165) is 32.4 Å². The monoisotopic (exact) mass is 380 g/mol. The zero-order chi connectivity index (χ0) is 19.8. The summed E-state index contributed by atoms with van der Waals surface area (Å²) in [6.45, 7) is 10.8. The van der Waals surface area contributed by atoms with Crippen molar-refractivity contribution in [3.8, 4) is 0 Å². The van der Waals surface area contributed by atoms with Crippen molar-refractivity contribution >= 4 is 17.7 Å². The summed E-state index contributed by atoms with van der Waals surface area (Å²) in [4.78, 5) is 42.8. The average molecular weight is 381 g/mol. The number of hydrogen-bond donors (Lipinski definition) is 1. The lowest BCUT2D eigenvalue weighted by Crippen LogP contribution is -2.49. The number of hydrogen-bond acceptors (Lipinski definition) is 4. The Morgan fingerprint density at radius 2 is 1.70 bits per heavy atom. The number of piperidine rings is 2. The van der Waals surface area contributed by atoms with E-state index in [-0.39, 0.29) is 36.7 Å². The average Bonchev–Trinajstić information content (AvgIpc) is 2.67. The molecule has 0 aromatic carbocycles. The maximum absolute atomic E-state index is 12.8. The Labute approximate surface area is 163 Å². The molecule has 2 aliphatic heterocycles. The van der Waals surface area contributed by atoms with Crippen LogP contribution >= 0.6 is 0 Å². The second-order valence-electron chi connectivity index (χ2n) is 7.94. The summed E-state index contributed by atoms with van der Waals surface area (Å²) in [7, 11) is 0. The molecule has 154 valence electrons. The van der Waals surface area contributed by atoms with Gasteiger partial charge in [-0.05, 0) is 45.1 Å². The van der Waals surface area contributed by atoms with Crippen LogP contribution in [0.15, 0.2) is 0 Å². The third-order valence-electron chi connectivity index (χ3n) is 5.71. The molecule has 0 radical (unpaired) electrons. The van der Waals surface area contributed by atoms with E-state index in [1.807, 2.05) is 28.5 Å². The Hall–Kier alpha value is -1.63. The summed E-state index contributed by atoms with van der Waals surface area (Å²) >= 11 is 0. The molecule has 7 heteroatoms. The first-order chi connectivity index (χ1) is 12.9. The fraction of sp³-hybridized carbons (Fsp3) is 0.850. The molecule has 0 aliphatic carbocycles. The molecule has 2 fully saturated rings. The molecule has 0 spiro atoms. The van der Waals surface area contributed by atoms with Crippen molar-refractivity contribution in [3.05, 3.63) is 0 Å². The van der Waals surface area contributed by atoms with E-state index in [4.69, 9.17) is 0 Å². The quantitative estimate of drug-likeness (QED) is 0.713. The smallest absolute Gasteiger partial charge is 0.236 e. The molecule has 7 nitrogen and oxygen atoms in total. The normalized spacial score (nSPS) is 21.4. The summed E-state index contributed by atoms with van der Waals surface area (Å²) in [6, 6.07) is 0. The number of amides is 3. The first kappa shape index (κ1) is 21.7. The molecule has 0 saturated carbocycles. The van der Waals surface area contributed by atoms with Crippen LogP contribution in [-0.2, 0) is 14.4 Å². The van der Waals surface area contributed by atoms with Crippen LogP contribution in [0, 0.1) is 11.8 Å². The van der Waals surface area contributed by atoms with Gasteiger partial charge in [0.2, 0.25) is 17.7 Å². The molecule has 1 unspecified atom stereocenters. The van der Waals surface area contributed by atoms with E-state index in [9.17, 15) is 14.4 Å². The molecular formula is C20H36N4O3. The Balaban J connectivity index is 1.77. The molecule has 27 heavy (non-hydrogen) atoms. The second-order valence-corrected chi connectivity index (χ2v) is 7.94. The molecule has 0 aromatic rings. The first-order valence-electron chi connectivity index (χ1n) is 10.5. The summed E-state index contributed by atoms with van der Waals surface area (Å²) in [6.07, 6.45) is 3.80. The summed E-state index contributed by atoms with van der Waals surface area (Å²) < 4.78 is 0. The van der Waals surface area contributed by atoms with Gasteiger partial charge in [-0.25, -0.2) is 0 Å². The number of likely N-dealkylation sites (N-methyl/N-ethyl adjacent to an activating group) is 2. The van der Waals surface area contributed by atoms with E-state index in [0.29, 0.717) is 32.1 Å². The molecule has 0 bridgehead atoms. The first-order valence-corrected chi connectivity index (χ1v) is 10.5. The number of likely N-dealkylation sites (tertiary alicyclic amines) is 2. The van der Waals surface area contributed by atoms with Gasteiger partial charge in [0.05, 0.1) is 13.1 Å². The van der Waals surface area contributed by atoms with Gasteiger partial charge in [-0.2, -0.15) is 0 Å². The van der Waals surface area contributed by atoms with E-state index in [1.54, 1.807) is 0 Å². The van der Waals surface area contributed by atoms with Crippen LogP contribution in [-0.4, -0.2) is 84.8 Å². The van der Waals surface area contributed by atoms with Crippen LogP contribution in [0.25, 0.3) is 0 Å². The minimum atomic E-state index is -0.0489. The van der Waals surface area contributed by atoms with Gasteiger partial charge in [0, 0.05) is 38.6 Å². The molecule has 2 saturated heterocycles. The topological polar surface area (TPSA) is 73.0 Å². The van der Waals surface area contributed by atoms with E-state index in [1.165, 1.54) is 6.42 Å². The van der Waals surface area contributed by atoms with E-state index < -0.39 is 0 Å². The zero-order valence-corrected chi connectivity index (χ0v) is 17.2. The van der Waals surface area contributed by atoms with Gasteiger partial charge in [0.1, 0.15) is 0 Å². The van der Waals surface area contributed by atoms with Gasteiger partial charge in [0.25, 0.3) is 0 Å². The van der Waals surface area contributed by atoms with Crippen molar-refractivity contribution in [1.82, 2.24) is 20.0 Å². The van der Waals surface area contributed by atoms with Gasteiger partial charge in [-0.3, -0.25) is 19.3 Å². The Bertz CT molecular complexity index is 517. The predicted octanol–water partition coefficient (Wildman–Crippen LogP) is 0.942. The highest BCUT2D eigenvalue weighted by Gasteiger charge is 2.32. The molecule has 3 amide bonds. The third-order valence-corrected chi connectivity index (χ3v) is 5.71. The molecule has 0 aromatic heterocycles. The van der Waals surface area contributed by atoms with Crippen LogP contribution in [0.3, 0.4) is 0 Å². The SMILES string of the molecule is CCNC(=O)CN(CC)CC(=O)N1CCC(C(=O)N2CCCC(C)C2)CC1. The lowest BCUT2D eigenvalue weighted by Gasteiger charge is -2.37. The highest BCUT2D eigenvalue weighted by Crippen LogP contribution is 2.23. The van der Waals surface area contributed by atoms with Crippen molar-refractivity contribution < 1.29 is 14.4 Å². The van der Waals surface area contributed by atoms with Crippen molar-refractivity contribution in [2.75, 3.05) is 52.4 Å². The van der Waals surface area contributed by atoms with Gasteiger partial charge in [-0.15, -0.1) is 0 Å². The lowest BCUT2D eigenvalue weighted by molar-refractivity contribution is -0.142. The fourth-order valence-electron chi connectivity index (χ4n) is 4.05. The van der Waals surface area contributed by atoms with Crippen molar-refractivity contribution in [1.29, 1.82) is 0 Å². The minimum Gasteiger partial charge on any atom is -0.355 e. The molecule has 2 heterocycles. The maximum Gasteiger partial charge on any atom is 0.236 e. The number of rotatable bonds is 7. The van der Waals surface area contributed by atoms with Gasteiger partial charge < -0.3 is 15.1 Å². The zero-order valence-electron chi connectivity index (χ0n) is 17.2. The van der Waals surface area contributed by atoms with Crippen LogP contribution in [0.1, 0.15) is 46.5 Å². The Kier molecular flexibility index (Phi) is 8.54. The van der Waals surface area contributed by atoms with Crippen LogP contribution in [0.2, 0.25) is 0 Å². The Morgan fingerprint density at radius 3 is 2.30 bits per heavy atom. The van der Waals surface area contributed by atoms with Gasteiger partial charge in [0.15, 0.2) is 0 Å². The fourth-order valence-corrected chi connectivity index (χ4v) is 4.05. The molecule has 2 rings (SSSR count). The van der Waals surface area contributed by atoms with Gasteiger partial charge in [-0.1, -0.05) is 13.8 Å². The highest BCUT2D eigenvalue weighted by atomic mass is 16.2. The van der Waals surface area contributed by atoms with Crippen molar-refractivity contribution in [3.63, 3.8) is 0 Å². The van der Waals surface area contributed by atoms with Crippen LogP contribution in [0.4, 0.5) is 0 Å². The number of carbonyl (C=O) groups is 3. The van der Waals surface area contributed by atoms with Crippen molar-refractivity contribution in [2.24, 2.45) is 11.8 Å². The second kappa shape index (κ2) is 10.6. The molecule has 1 atom stereocenters. The number of nitrogens with one attached hydrogen (secondary N) is 1. The molecule has 2 aliphatic rings. The standard InChI is InChI=1S/C20H36N4O3/c1-4-21-18(25)14-22(5-2)15-19(26)23-11-8-17(9-12-23)20(27)24-10-6-7-16(3)13-24/h16-17H,4-15H2,1-3H3,(H,21,25). The highest BCUT2D eigenvalue weighted by molar-refractivity contribution is 5.82. The van der Waals surface area contributed by atoms with Crippen LogP contribution in [0.5, 0.6) is 0 Å². The van der Waals surface area contributed by atoms with Crippen molar-refractivity contribution in [2.45, 2.75) is 46.5 Å². The lowest BCUT2D eigenvalue weighted by atomic mass is 9.92. The van der Waals surface area contributed by atoms with E-state index in [2.05, 4.69) is 12.2 Å². The molecule has 1 N–H and O–H groups in total. The summed E-state index contributed by atoms with van der Waals surface area (Å²) in [5.41, 5.74) is 0. The van der Waals surface area contributed by atoms with E-state index >= 15 is 0 Å². The predicted molar refractivity (Wildman–Crippen MR) is 105 cm³/mol. The summed E-state index contributed by atoms with van der Waals surface area (Å²) in [5, 5.41) is 2.77.